The molecule has 0 saturated heterocycles. The van der Waals surface area contributed by atoms with Crippen LogP contribution in [-0.4, -0.2) is 25.3 Å². The molecule has 0 spiro atoms. The number of benzene rings is 3. The molecular formula is C22H14F5NO5S. The van der Waals surface area contributed by atoms with Crippen molar-refractivity contribution in [3.63, 3.8) is 0 Å². The van der Waals surface area contributed by atoms with Crippen molar-refractivity contribution < 1.29 is 44.2 Å². The molecule has 3 aromatic carbocycles. The molecule has 1 aliphatic heterocycles. The summed E-state index contributed by atoms with van der Waals surface area (Å²) in [5, 5.41) is 0.530. The highest BCUT2D eigenvalue weighted by atomic mass is 32.2. The molecule has 34 heavy (non-hydrogen) atoms. The van der Waals surface area contributed by atoms with E-state index in [0.717, 1.165) is 18.4 Å². The second-order valence-electron chi connectivity index (χ2n) is 7.44. The number of carbonyl (C=O) groups is 2. The summed E-state index contributed by atoms with van der Waals surface area (Å²) < 4.78 is 97.7. The van der Waals surface area contributed by atoms with Crippen molar-refractivity contribution in [1.29, 1.82) is 0 Å². The third-order valence-corrected chi connectivity index (χ3v) is 6.56. The standard InChI is InChI=1S/C22H14F5NO5S/c1-2-3-5-10-8-9-13-14-11(10)6-4-7-12(14)21(29)28(22(13)30)33-34(31,32)20-18(26)16(24)15(23)17(25)19(20)27/h4,6-9H,2-3,5H2,1H3. The molecule has 0 fully saturated rings. The predicted octanol–water partition coefficient (Wildman–Crippen LogP) is 4.79. The average Bonchev–Trinajstić information content (AvgIpc) is 2.81. The van der Waals surface area contributed by atoms with Crippen LogP contribution in [-0.2, 0) is 20.8 Å². The van der Waals surface area contributed by atoms with Crippen molar-refractivity contribution in [2.45, 2.75) is 31.1 Å². The fourth-order valence-electron chi connectivity index (χ4n) is 3.73. The maximum atomic E-state index is 14.0. The Balaban J connectivity index is 1.81. The minimum absolute atomic E-state index is 0.141. The maximum Gasteiger partial charge on any atom is 0.324 e. The van der Waals surface area contributed by atoms with Gasteiger partial charge in [-0.3, -0.25) is 9.59 Å². The van der Waals surface area contributed by atoms with Gasteiger partial charge in [-0.15, -0.1) is 9.35 Å². The van der Waals surface area contributed by atoms with E-state index in [2.05, 4.69) is 4.28 Å². The smallest absolute Gasteiger partial charge is 0.266 e. The second kappa shape index (κ2) is 8.44. The third kappa shape index (κ3) is 3.53. The van der Waals surface area contributed by atoms with Gasteiger partial charge in [-0.1, -0.05) is 31.5 Å². The first kappa shape index (κ1) is 23.8. The zero-order valence-corrected chi connectivity index (χ0v) is 18.1. The molecule has 6 nitrogen and oxygen atoms in total. The van der Waals surface area contributed by atoms with Crippen molar-refractivity contribution in [2.24, 2.45) is 0 Å². The highest BCUT2D eigenvalue weighted by Crippen LogP contribution is 2.35. The lowest BCUT2D eigenvalue weighted by molar-refractivity contribution is -0.0159. The van der Waals surface area contributed by atoms with E-state index in [9.17, 15) is 40.0 Å². The van der Waals surface area contributed by atoms with E-state index in [1.807, 2.05) is 6.92 Å². The van der Waals surface area contributed by atoms with E-state index in [4.69, 9.17) is 0 Å². The number of rotatable bonds is 6. The first-order valence-corrected chi connectivity index (χ1v) is 11.3. The molecule has 0 radical (unpaired) electrons. The van der Waals surface area contributed by atoms with Crippen LogP contribution < -0.4 is 0 Å². The van der Waals surface area contributed by atoms with Crippen molar-refractivity contribution in [3.8, 4) is 0 Å². The van der Waals surface area contributed by atoms with Crippen LogP contribution in [0, 0.1) is 29.1 Å². The number of halogens is 5. The molecule has 2 amide bonds. The van der Waals surface area contributed by atoms with E-state index >= 15 is 0 Å². The number of amides is 2. The number of nitrogens with zero attached hydrogens (tertiary/aromatic N) is 1. The van der Waals surface area contributed by atoms with Crippen molar-refractivity contribution in [2.75, 3.05) is 0 Å². The third-order valence-electron chi connectivity index (χ3n) is 5.35. The summed E-state index contributed by atoms with van der Waals surface area (Å²) in [7, 11) is -5.85. The van der Waals surface area contributed by atoms with Gasteiger partial charge < -0.3 is 0 Å². The van der Waals surface area contributed by atoms with Crippen molar-refractivity contribution >= 4 is 32.7 Å². The lowest BCUT2D eigenvalue weighted by Gasteiger charge is -2.26. The number of carbonyl (C=O) groups excluding carboxylic acids is 2. The monoisotopic (exact) mass is 499 g/mol. The lowest BCUT2D eigenvalue weighted by Crippen LogP contribution is -2.42. The molecule has 4 rings (SSSR count). The van der Waals surface area contributed by atoms with Gasteiger partial charge in [0.15, 0.2) is 28.2 Å². The number of aryl methyl sites for hydroxylation is 1. The molecule has 0 bridgehead atoms. The lowest BCUT2D eigenvalue weighted by atomic mass is 9.90. The molecule has 1 aliphatic rings. The van der Waals surface area contributed by atoms with Crippen LogP contribution in [0.3, 0.4) is 0 Å². The van der Waals surface area contributed by atoms with Gasteiger partial charge in [0.2, 0.25) is 5.82 Å². The van der Waals surface area contributed by atoms with Crippen LogP contribution in [0.5, 0.6) is 0 Å². The Labute approximate surface area is 189 Å². The van der Waals surface area contributed by atoms with Gasteiger partial charge in [-0.05, 0) is 35.9 Å². The van der Waals surface area contributed by atoms with E-state index in [0.29, 0.717) is 11.8 Å². The molecule has 0 atom stereocenters. The topological polar surface area (TPSA) is 80.8 Å². The van der Waals surface area contributed by atoms with Gasteiger partial charge in [0.1, 0.15) is 0 Å². The van der Waals surface area contributed by atoms with Crippen LogP contribution in [0.2, 0.25) is 0 Å². The summed E-state index contributed by atoms with van der Waals surface area (Å²) in [6, 6.07) is 7.40. The number of hydroxylamine groups is 2. The molecule has 0 saturated carbocycles. The van der Waals surface area contributed by atoms with E-state index in [-0.39, 0.29) is 21.6 Å². The van der Waals surface area contributed by atoms with Crippen molar-refractivity contribution in [1.82, 2.24) is 5.06 Å². The Kier molecular flexibility index (Phi) is 5.90. The fourth-order valence-corrected chi connectivity index (χ4v) is 4.75. The Morgan fingerprint density at radius 1 is 0.824 bits per heavy atom. The van der Waals surface area contributed by atoms with Crippen LogP contribution in [0.4, 0.5) is 22.0 Å². The Morgan fingerprint density at radius 2 is 1.38 bits per heavy atom. The maximum absolute atomic E-state index is 14.0. The Hall–Kier alpha value is -3.38. The minimum atomic E-state index is -5.85. The van der Waals surface area contributed by atoms with Gasteiger partial charge in [0.25, 0.3) is 11.8 Å². The predicted molar refractivity (Wildman–Crippen MR) is 108 cm³/mol. The Morgan fingerprint density at radius 3 is 1.97 bits per heavy atom. The highest BCUT2D eigenvalue weighted by molar-refractivity contribution is 7.86. The molecule has 0 aromatic heterocycles. The summed E-state index contributed by atoms with van der Waals surface area (Å²) in [5.74, 6) is -15.6. The van der Waals surface area contributed by atoms with Crippen LogP contribution in [0.25, 0.3) is 10.8 Å². The summed E-state index contributed by atoms with van der Waals surface area (Å²) in [6.45, 7) is 1.98. The number of unbranched alkanes of at least 4 members (excludes halogenated alkanes) is 1. The largest absolute Gasteiger partial charge is 0.324 e. The highest BCUT2D eigenvalue weighted by Gasteiger charge is 2.41. The average molecular weight is 499 g/mol. The fraction of sp³-hybridized carbons (Fsp3) is 0.182. The molecule has 0 unspecified atom stereocenters. The zero-order valence-electron chi connectivity index (χ0n) is 17.3. The second-order valence-corrected chi connectivity index (χ2v) is 8.90. The van der Waals surface area contributed by atoms with Crippen molar-refractivity contribution in [3.05, 3.63) is 76.1 Å². The Bertz CT molecular complexity index is 1440. The van der Waals surface area contributed by atoms with Gasteiger partial charge >= 0.3 is 10.1 Å². The zero-order chi connectivity index (χ0) is 24.9. The molecule has 1 heterocycles. The van der Waals surface area contributed by atoms with Crippen LogP contribution >= 0.6 is 0 Å². The SMILES string of the molecule is CCCCc1ccc2c3c(cccc13)C(=O)N(OS(=O)(=O)c1c(F)c(F)c(F)c(F)c1F)C2=O. The van der Waals surface area contributed by atoms with E-state index < -0.39 is 55.9 Å². The summed E-state index contributed by atoms with van der Waals surface area (Å²) in [5.41, 5.74) is 0.558. The summed E-state index contributed by atoms with van der Waals surface area (Å²) in [4.78, 5) is 23.5. The normalized spacial score (nSPS) is 13.8. The molecule has 0 N–H and O–H groups in total. The van der Waals surface area contributed by atoms with Gasteiger partial charge in [0.05, 0.1) is 11.1 Å². The number of hydrogen-bond acceptors (Lipinski definition) is 5. The first-order chi connectivity index (χ1) is 16.0. The molecular weight excluding hydrogens is 485 g/mol. The summed E-state index contributed by atoms with van der Waals surface area (Å²) in [6.07, 6.45) is 2.36. The quantitative estimate of drug-likeness (QED) is 0.211. The number of imide groups is 1. The van der Waals surface area contributed by atoms with Gasteiger partial charge in [0, 0.05) is 5.39 Å². The van der Waals surface area contributed by atoms with Gasteiger partial charge in [-0.25, -0.2) is 22.0 Å². The minimum Gasteiger partial charge on any atom is -0.266 e. The van der Waals surface area contributed by atoms with E-state index in [1.54, 1.807) is 12.1 Å². The van der Waals surface area contributed by atoms with Gasteiger partial charge in [-0.2, -0.15) is 8.42 Å². The first-order valence-electron chi connectivity index (χ1n) is 9.90. The molecule has 3 aromatic rings. The van der Waals surface area contributed by atoms with Crippen LogP contribution in [0.15, 0.2) is 35.2 Å². The molecule has 0 aliphatic carbocycles. The van der Waals surface area contributed by atoms with E-state index in [1.165, 1.54) is 18.2 Å². The number of hydrogen-bond donors (Lipinski definition) is 0. The molecule has 178 valence electrons. The van der Waals surface area contributed by atoms with Crippen LogP contribution in [0.1, 0.15) is 46.0 Å². The molecule has 12 heteroatoms. The summed E-state index contributed by atoms with van der Waals surface area (Å²) >= 11 is 0.